The van der Waals surface area contributed by atoms with Gasteiger partial charge in [-0.15, -0.1) is 11.6 Å². The Hall–Kier alpha value is -1.02. The van der Waals surface area contributed by atoms with Crippen LogP contribution in [0, 0.1) is 5.82 Å². The van der Waals surface area contributed by atoms with Crippen molar-refractivity contribution in [3.05, 3.63) is 41.2 Å². The van der Waals surface area contributed by atoms with E-state index in [1.807, 2.05) is 13.0 Å². The molecule has 0 heterocycles. The summed E-state index contributed by atoms with van der Waals surface area (Å²) in [6.07, 6.45) is 3.45. The molecule has 0 aliphatic heterocycles. The number of hydrogen-bond donors (Lipinski definition) is 0. The van der Waals surface area contributed by atoms with Gasteiger partial charge in [0.1, 0.15) is 0 Å². The fraction of sp³-hybridized carbons (Fsp3) is 0.385. The molecule has 88 valence electrons. The normalized spacial score (nSPS) is 11.6. The fourth-order valence-corrected chi connectivity index (χ4v) is 1.63. The highest BCUT2D eigenvalue weighted by Crippen LogP contribution is 2.22. The van der Waals surface area contributed by atoms with E-state index in [2.05, 4.69) is 0 Å². The highest BCUT2D eigenvalue weighted by atomic mass is 35.5. The van der Waals surface area contributed by atoms with Crippen molar-refractivity contribution >= 4 is 11.6 Å². The molecule has 0 aliphatic carbocycles. The van der Waals surface area contributed by atoms with E-state index in [0.717, 1.165) is 12.0 Å². The monoisotopic (exact) mass is 242 g/mol. The molecule has 0 amide bonds. The Morgan fingerprint density at radius 1 is 1.50 bits per heavy atom. The average molecular weight is 243 g/mol. The SMILES string of the molecule is COc1cccc(C/C(C)=C/CCCl)c1F. The Balaban J connectivity index is 2.81. The number of rotatable bonds is 5. The first-order chi connectivity index (χ1) is 7.69. The van der Waals surface area contributed by atoms with Gasteiger partial charge < -0.3 is 4.74 Å². The van der Waals surface area contributed by atoms with E-state index in [4.69, 9.17) is 16.3 Å². The largest absolute Gasteiger partial charge is 0.494 e. The van der Waals surface area contributed by atoms with Gasteiger partial charge in [0.2, 0.25) is 0 Å². The van der Waals surface area contributed by atoms with Crippen LogP contribution in [-0.2, 0) is 6.42 Å². The number of ether oxygens (including phenoxy) is 1. The van der Waals surface area contributed by atoms with Crippen LogP contribution in [0.15, 0.2) is 29.8 Å². The maximum Gasteiger partial charge on any atom is 0.168 e. The molecule has 0 fully saturated rings. The second kappa shape index (κ2) is 6.54. The number of methoxy groups -OCH3 is 1. The number of allylic oxidation sites excluding steroid dienone is 2. The molecule has 0 N–H and O–H groups in total. The van der Waals surface area contributed by atoms with Crippen LogP contribution in [0.1, 0.15) is 18.9 Å². The minimum absolute atomic E-state index is 0.274. The molecular formula is C13H16ClFO. The predicted octanol–water partition coefficient (Wildman–Crippen LogP) is 3.95. The van der Waals surface area contributed by atoms with E-state index < -0.39 is 0 Å². The molecule has 0 saturated heterocycles. The molecule has 0 saturated carbocycles. The van der Waals surface area contributed by atoms with Gasteiger partial charge in [-0.2, -0.15) is 0 Å². The Morgan fingerprint density at radius 3 is 2.88 bits per heavy atom. The lowest BCUT2D eigenvalue weighted by Gasteiger charge is -2.07. The predicted molar refractivity (Wildman–Crippen MR) is 65.8 cm³/mol. The summed E-state index contributed by atoms with van der Waals surface area (Å²) in [5.41, 5.74) is 1.77. The molecule has 0 aliphatic rings. The van der Waals surface area contributed by atoms with Crippen molar-refractivity contribution in [3.8, 4) is 5.75 Å². The number of hydrogen-bond acceptors (Lipinski definition) is 1. The van der Waals surface area contributed by atoms with E-state index >= 15 is 0 Å². The van der Waals surface area contributed by atoms with Crippen molar-refractivity contribution in [1.82, 2.24) is 0 Å². The van der Waals surface area contributed by atoms with Crippen LogP contribution in [-0.4, -0.2) is 13.0 Å². The molecule has 0 radical (unpaired) electrons. The van der Waals surface area contributed by atoms with Crippen LogP contribution < -0.4 is 4.74 Å². The number of alkyl halides is 1. The van der Waals surface area contributed by atoms with Gasteiger partial charge in [0.05, 0.1) is 7.11 Å². The third kappa shape index (κ3) is 3.53. The summed E-state index contributed by atoms with van der Waals surface area (Å²) in [7, 11) is 1.47. The molecule has 1 aromatic rings. The minimum Gasteiger partial charge on any atom is -0.494 e. The second-order valence-electron chi connectivity index (χ2n) is 3.64. The number of halogens is 2. The van der Waals surface area contributed by atoms with Crippen LogP contribution in [0.4, 0.5) is 4.39 Å². The zero-order valence-electron chi connectivity index (χ0n) is 9.59. The topological polar surface area (TPSA) is 9.23 Å². The van der Waals surface area contributed by atoms with Gasteiger partial charge in [0.25, 0.3) is 0 Å². The first-order valence-electron chi connectivity index (χ1n) is 5.22. The molecule has 0 unspecified atom stereocenters. The third-order valence-electron chi connectivity index (χ3n) is 2.33. The second-order valence-corrected chi connectivity index (χ2v) is 4.02. The lowest BCUT2D eigenvalue weighted by molar-refractivity contribution is 0.384. The van der Waals surface area contributed by atoms with E-state index in [0.29, 0.717) is 23.6 Å². The van der Waals surface area contributed by atoms with Gasteiger partial charge >= 0.3 is 0 Å². The van der Waals surface area contributed by atoms with Crippen molar-refractivity contribution in [2.45, 2.75) is 19.8 Å². The first kappa shape index (κ1) is 13.0. The molecule has 16 heavy (non-hydrogen) atoms. The zero-order valence-corrected chi connectivity index (χ0v) is 10.4. The van der Waals surface area contributed by atoms with E-state index in [1.165, 1.54) is 7.11 Å². The standard InChI is InChI=1S/C13H16ClFO/c1-10(5-4-8-14)9-11-6-3-7-12(16-2)13(11)15/h3,5-7H,4,8-9H2,1-2H3/b10-5+. The maximum atomic E-state index is 13.8. The molecule has 3 heteroatoms. The molecule has 0 atom stereocenters. The highest BCUT2D eigenvalue weighted by Gasteiger charge is 2.08. The van der Waals surface area contributed by atoms with Gasteiger partial charge in [0.15, 0.2) is 11.6 Å². The van der Waals surface area contributed by atoms with Crippen LogP contribution in [0.5, 0.6) is 5.75 Å². The molecule has 1 nitrogen and oxygen atoms in total. The summed E-state index contributed by atoms with van der Waals surface area (Å²) in [5.74, 6) is 0.615. The maximum absolute atomic E-state index is 13.8. The molecule has 1 rings (SSSR count). The molecule has 0 spiro atoms. The average Bonchev–Trinajstić information content (AvgIpc) is 2.29. The van der Waals surface area contributed by atoms with Gasteiger partial charge in [0, 0.05) is 5.88 Å². The first-order valence-corrected chi connectivity index (χ1v) is 5.75. The van der Waals surface area contributed by atoms with Crippen molar-refractivity contribution in [3.63, 3.8) is 0 Å². The zero-order chi connectivity index (χ0) is 12.0. The van der Waals surface area contributed by atoms with Gasteiger partial charge in [-0.25, -0.2) is 4.39 Å². The van der Waals surface area contributed by atoms with E-state index in [1.54, 1.807) is 18.2 Å². The Bertz CT molecular complexity index is 374. The Morgan fingerprint density at radius 2 is 2.25 bits per heavy atom. The van der Waals surface area contributed by atoms with E-state index in [-0.39, 0.29) is 5.82 Å². The molecule has 0 aromatic heterocycles. The van der Waals surface area contributed by atoms with Crippen LogP contribution >= 0.6 is 11.6 Å². The molecule has 1 aromatic carbocycles. The summed E-state index contributed by atoms with van der Waals surface area (Å²) in [6, 6.07) is 5.19. The highest BCUT2D eigenvalue weighted by molar-refractivity contribution is 6.17. The Labute approximate surface area is 101 Å². The lowest BCUT2D eigenvalue weighted by atomic mass is 10.0. The smallest absolute Gasteiger partial charge is 0.168 e. The molecular weight excluding hydrogens is 227 g/mol. The lowest BCUT2D eigenvalue weighted by Crippen LogP contribution is -1.96. The van der Waals surface area contributed by atoms with Crippen LogP contribution in [0.25, 0.3) is 0 Å². The van der Waals surface area contributed by atoms with Gasteiger partial charge in [-0.05, 0) is 31.4 Å². The summed E-state index contributed by atoms with van der Waals surface area (Å²) in [5, 5.41) is 0. The van der Waals surface area contributed by atoms with Crippen LogP contribution in [0.3, 0.4) is 0 Å². The summed E-state index contributed by atoms with van der Waals surface area (Å²) < 4.78 is 18.7. The van der Waals surface area contributed by atoms with Crippen molar-refractivity contribution in [2.75, 3.05) is 13.0 Å². The van der Waals surface area contributed by atoms with Crippen molar-refractivity contribution in [1.29, 1.82) is 0 Å². The summed E-state index contributed by atoms with van der Waals surface area (Å²) in [6.45, 7) is 1.98. The van der Waals surface area contributed by atoms with E-state index in [9.17, 15) is 4.39 Å². The number of benzene rings is 1. The van der Waals surface area contributed by atoms with Gasteiger partial charge in [-0.3, -0.25) is 0 Å². The quantitative estimate of drug-likeness (QED) is 0.561. The van der Waals surface area contributed by atoms with Crippen LogP contribution in [0.2, 0.25) is 0 Å². The van der Waals surface area contributed by atoms with Gasteiger partial charge in [-0.1, -0.05) is 23.8 Å². The molecule has 0 bridgehead atoms. The summed E-state index contributed by atoms with van der Waals surface area (Å²) >= 11 is 5.59. The third-order valence-corrected chi connectivity index (χ3v) is 2.55. The van der Waals surface area contributed by atoms with Crippen molar-refractivity contribution in [2.24, 2.45) is 0 Å². The fourth-order valence-electron chi connectivity index (χ4n) is 1.52. The minimum atomic E-state index is -0.274. The Kier molecular flexibility index (Phi) is 5.33. The summed E-state index contributed by atoms with van der Waals surface area (Å²) in [4.78, 5) is 0. The van der Waals surface area contributed by atoms with Crippen molar-refractivity contribution < 1.29 is 9.13 Å².